The third-order valence-corrected chi connectivity index (χ3v) is 1.56. The zero-order valence-electron chi connectivity index (χ0n) is 7.62. The molecule has 0 radical (unpaired) electrons. The predicted octanol–water partition coefficient (Wildman–Crippen LogP) is 0.444. The summed E-state index contributed by atoms with van der Waals surface area (Å²) < 4.78 is 0. The highest BCUT2D eigenvalue weighted by Gasteiger charge is 2.19. The van der Waals surface area contributed by atoms with Crippen molar-refractivity contribution in [3.8, 4) is 0 Å². The topological polar surface area (TPSA) is 57.6 Å². The molecule has 0 saturated carbocycles. The van der Waals surface area contributed by atoms with Crippen molar-refractivity contribution in [3.63, 3.8) is 0 Å². The Hall–Kier alpha value is -1.42. The lowest BCUT2D eigenvalue weighted by Crippen LogP contribution is -2.37. The maximum absolute atomic E-state index is 11.3. The SMILES string of the molecule is C=CC(=O)N(CO)C(=O)C(=C)CC. The maximum atomic E-state index is 11.3. The van der Waals surface area contributed by atoms with Gasteiger partial charge in [0.05, 0.1) is 0 Å². The summed E-state index contributed by atoms with van der Waals surface area (Å²) in [5, 5.41) is 8.74. The number of hydrogen-bond acceptors (Lipinski definition) is 3. The minimum atomic E-state index is -0.650. The maximum Gasteiger partial charge on any atom is 0.257 e. The van der Waals surface area contributed by atoms with Gasteiger partial charge in [-0.25, -0.2) is 0 Å². The van der Waals surface area contributed by atoms with Crippen LogP contribution in [0.2, 0.25) is 0 Å². The molecule has 0 unspecified atom stereocenters. The molecule has 4 nitrogen and oxygen atoms in total. The molecule has 4 heteroatoms. The summed E-state index contributed by atoms with van der Waals surface area (Å²) in [6.45, 7) is 7.78. The molecule has 0 heterocycles. The van der Waals surface area contributed by atoms with Crippen molar-refractivity contribution in [3.05, 3.63) is 24.8 Å². The molecule has 0 bridgehead atoms. The van der Waals surface area contributed by atoms with Gasteiger partial charge in [-0.05, 0) is 12.5 Å². The quantitative estimate of drug-likeness (QED) is 0.508. The van der Waals surface area contributed by atoms with E-state index in [2.05, 4.69) is 13.2 Å². The molecule has 0 spiro atoms. The summed E-state index contributed by atoms with van der Waals surface area (Å²) in [5.74, 6) is -1.18. The molecule has 0 aromatic rings. The van der Waals surface area contributed by atoms with Crippen LogP contribution in [-0.2, 0) is 9.59 Å². The van der Waals surface area contributed by atoms with Crippen molar-refractivity contribution >= 4 is 11.8 Å². The molecule has 0 atom stereocenters. The van der Waals surface area contributed by atoms with Gasteiger partial charge in [0.25, 0.3) is 11.8 Å². The Labute approximate surface area is 77.2 Å². The number of aliphatic hydroxyl groups is 1. The van der Waals surface area contributed by atoms with Crippen LogP contribution >= 0.6 is 0 Å². The zero-order valence-corrected chi connectivity index (χ0v) is 7.62. The van der Waals surface area contributed by atoms with Crippen LogP contribution in [0.25, 0.3) is 0 Å². The average molecular weight is 183 g/mol. The molecular formula is C9H13NO3. The fourth-order valence-corrected chi connectivity index (χ4v) is 0.686. The lowest BCUT2D eigenvalue weighted by molar-refractivity contribution is -0.143. The van der Waals surface area contributed by atoms with Gasteiger partial charge in [-0.15, -0.1) is 0 Å². The molecule has 0 aliphatic carbocycles. The second-order valence-electron chi connectivity index (χ2n) is 2.37. The highest BCUT2D eigenvalue weighted by molar-refractivity contribution is 6.06. The van der Waals surface area contributed by atoms with E-state index in [1.807, 2.05) is 0 Å². The van der Waals surface area contributed by atoms with E-state index in [-0.39, 0.29) is 5.57 Å². The molecule has 0 aliphatic heterocycles. The standard InChI is InChI=1S/C9H13NO3/c1-4-7(3)9(13)10(6-11)8(12)5-2/h5,11H,2-4,6H2,1H3. The molecule has 13 heavy (non-hydrogen) atoms. The van der Waals surface area contributed by atoms with E-state index in [1.54, 1.807) is 6.92 Å². The molecule has 72 valence electrons. The van der Waals surface area contributed by atoms with Crippen molar-refractivity contribution in [1.82, 2.24) is 4.90 Å². The third kappa shape index (κ3) is 2.83. The minimum Gasteiger partial charge on any atom is -0.376 e. The summed E-state index contributed by atoms with van der Waals surface area (Å²) in [5.41, 5.74) is 0.282. The van der Waals surface area contributed by atoms with Crippen LogP contribution in [0, 0.1) is 0 Å². The van der Waals surface area contributed by atoms with E-state index in [9.17, 15) is 9.59 Å². The van der Waals surface area contributed by atoms with Gasteiger partial charge in [-0.2, -0.15) is 0 Å². The first-order valence-electron chi connectivity index (χ1n) is 3.85. The number of carbonyl (C=O) groups excluding carboxylic acids is 2. The molecule has 0 aromatic heterocycles. The first kappa shape index (κ1) is 11.6. The van der Waals surface area contributed by atoms with Gasteiger partial charge in [0.2, 0.25) is 0 Å². The van der Waals surface area contributed by atoms with Crippen LogP contribution < -0.4 is 0 Å². The lowest BCUT2D eigenvalue weighted by atomic mass is 10.2. The normalized spacial score (nSPS) is 9.08. The van der Waals surface area contributed by atoms with Crippen LogP contribution in [0.1, 0.15) is 13.3 Å². The van der Waals surface area contributed by atoms with Crippen LogP contribution in [0.15, 0.2) is 24.8 Å². The highest BCUT2D eigenvalue weighted by Crippen LogP contribution is 2.03. The zero-order chi connectivity index (χ0) is 10.4. The molecule has 0 saturated heterocycles. The second-order valence-corrected chi connectivity index (χ2v) is 2.37. The summed E-state index contributed by atoms with van der Waals surface area (Å²) in [6.07, 6.45) is 1.41. The van der Waals surface area contributed by atoms with E-state index in [4.69, 9.17) is 5.11 Å². The molecule has 2 amide bonds. The molecule has 1 N–H and O–H groups in total. The van der Waals surface area contributed by atoms with Gasteiger partial charge in [0, 0.05) is 5.57 Å². The number of imide groups is 1. The van der Waals surface area contributed by atoms with E-state index in [0.717, 1.165) is 6.08 Å². The number of carbonyl (C=O) groups is 2. The van der Waals surface area contributed by atoms with Gasteiger partial charge in [-0.3, -0.25) is 14.5 Å². The number of amides is 2. The predicted molar refractivity (Wildman–Crippen MR) is 48.6 cm³/mol. The van der Waals surface area contributed by atoms with Gasteiger partial charge < -0.3 is 5.11 Å². The molecule has 0 fully saturated rings. The Morgan fingerprint density at radius 3 is 2.38 bits per heavy atom. The monoisotopic (exact) mass is 183 g/mol. The third-order valence-electron chi connectivity index (χ3n) is 1.56. The lowest BCUT2D eigenvalue weighted by Gasteiger charge is -2.16. The Morgan fingerprint density at radius 1 is 1.54 bits per heavy atom. The number of nitrogens with zero attached hydrogens (tertiary/aromatic N) is 1. The van der Waals surface area contributed by atoms with Crippen LogP contribution in [0.3, 0.4) is 0 Å². The Morgan fingerprint density at radius 2 is 2.08 bits per heavy atom. The van der Waals surface area contributed by atoms with Crippen molar-refractivity contribution in [2.75, 3.05) is 6.73 Å². The van der Waals surface area contributed by atoms with E-state index in [1.165, 1.54) is 0 Å². The van der Waals surface area contributed by atoms with Crippen molar-refractivity contribution in [1.29, 1.82) is 0 Å². The second kappa shape index (κ2) is 5.27. The first-order chi connectivity index (χ1) is 6.08. The summed E-state index contributed by atoms with van der Waals surface area (Å²) in [6, 6.07) is 0. The van der Waals surface area contributed by atoms with Gasteiger partial charge in [-0.1, -0.05) is 20.1 Å². The fourth-order valence-electron chi connectivity index (χ4n) is 0.686. The molecule has 0 aromatic carbocycles. The highest BCUT2D eigenvalue weighted by atomic mass is 16.3. The van der Waals surface area contributed by atoms with Crippen molar-refractivity contribution in [2.45, 2.75) is 13.3 Å². The number of hydrogen-bond donors (Lipinski definition) is 1. The average Bonchev–Trinajstić information content (AvgIpc) is 2.17. The first-order valence-corrected chi connectivity index (χ1v) is 3.85. The van der Waals surface area contributed by atoms with Crippen molar-refractivity contribution < 1.29 is 14.7 Å². The summed E-state index contributed by atoms with van der Waals surface area (Å²) in [4.78, 5) is 23.0. The van der Waals surface area contributed by atoms with Crippen LogP contribution in [-0.4, -0.2) is 28.6 Å². The smallest absolute Gasteiger partial charge is 0.257 e. The van der Waals surface area contributed by atoms with E-state index in [0.29, 0.717) is 11.3 Å². The minimum absolute atomic E-state index is 0.282. The van der Waals surface area contributed by atoms with Crippen LogP contribution in [0.5, 0.6) is 0 Å². The van der Waals surface area contributed by atoms with Crippen LogP contribution in [0.4, 0.5) is 0 Å². The van der Waals surface area contributed by atoms with E-state index >= 15 is 0 Å². The number of aliphatic hydroxyl groups excluding tert-OH is 1. The molecular weight excluding hydrogens is 170 g/mol. The van der Waals surface area contributed by atoms with Gasteiger partial charge in [0.15, 0.2) is 0 Å². The Kier molecular flexibility index (Phi) is 4.69. The Bertz CT molecular complexity index is 245. The van der Waals surface area contributed by atoms with E-state index < -0.39 is 18.5 Å². The number of rotatable bonds is 4. The Balaban J connectivity index is 4.59. The molecule has 0 rings (SSSR count). The fraction of sp³-hybridized carbons (Fsp3) is 0.333. The summed E-state index contributed by atoms with van der Waals surface area (Å²) in [7, 11) is 0. The van der Waals surface area contributed by atoms with Gasteiger partial charge >= 0.3 is 0 Å². The summed E-state index contributed by atoms with van der Waals surface area (Å²) >= 11 is 0. The largest absolute Gasteiger partial charge is 0.376 e. The van der Waals surface area contributed by atoms with Crippen molar-refractivity contribution in [2.24, 2.45) is 0 Å². The van der Waals surface area contributed by atoms with Gasteiger partial charge in [0.1, 0.15) is 6.73 Å². The molecule has 0 aliphatic rings.